The smallest absolute Gasteiger partial charge is 0.113 e. The Kier molecular flexibility index (Phi) is 4.23. The van der Waals surface area contributed by atoms with Gasteiger partial charge in [-0.2, -0.15) is 0 Å². The summed E-state index contributed by atoms with van der Waals surface area (Å²) in [5.74, 6) is 2.60. The molecule has 0 fully saturated rings. The van der Waals surface area contributed by atoms with Crippen LogP contribution in [0.4, 0.5) is 0 Å². The number of hydrogen-bond acceptors (Lipinski definition) is 3. The fraction of sp³-hybridized carbons (Fsp3) is 0.444. The van der Waals surface area contributed by atoms with Crippen LogP contribution in [-0.2, 0) is 6.54 Å². The maximum atomic E-state index is 5.73. The van der Waals surface area contributed by atoms with Crippen LogP contribution in [0.3, 0.4) is 0 Å². The molecule has 0 saturated heterocycles. The number of halogens is 1. The molecule has 1 aromatic heterocycles. The molecule has 2 nitrogen and oxygen atoms in total. The Balaban J connectivity index is 2.31. The lowest BCUT2D eigenvalue weighted by Crippen LogP contribution is -2.24. The molecular formula is C9H11ClN2S. The molecule has 0 aliphatic rings. The minimum atomic E-state index is 0.327. The molecule has 0 aromatic carbocycles. The molecule has 0 bridgehead atoms. The van der Waals surface area contributed by atoms with Gasteiger partial charge in [0.1, 0.15) is 9.34 Å². The second-order valence-corrected chi connectivity index (χ2v) is 4.49. The third-order valence-corrected chi connectivity index (χ3v) is 2.67. The Morgan fingerprint density at radius 1 is 1.85 bits per heavy atom. The first-order valence-corrected chi connectivity index (χ1v) is 5.19. The van der Waals surface area contributed by atoms with Crippen LogP contribution in [0, 0.1) is 12.3 Å². The third-order valence-electron chi connectivity index (χ3n) is 1.55. The SMILES string of the molecule is C#CCC(C)NCc1ncc(Cl)s1. The summed E-state index contributed by atoms with van der Waals surface area (Å²) in [5.41, 5.74) is 0. The van der Waals surface area contributed by atoms with E-state index in [1.807, 2.05) is 0 Å². The quantitative estimate of drug-likeness (QED) is 0.779. The van der Waals surface area contributed by atoms with Crippen molar-refractivity contribution in [1.29, 1.82) is 0 Å². The summed E-state index contributed by atoms with van der Waals surface area (Å²) < 4.78 is 0.724. The molecule has 0 amide bonds. The van der Waals surface area contributed by atoms with Crippen LogP contribution in [0.1, 0.15) is 18.4 Å². The van der Waals surface area contributed by atoms with Crippen molar-refractivity contribution in [2.75, 3.05) is 0 Å². The summed E-state index contributed by atoms with van der Waals surface area (Å²) in [6.07, 6.45) is 7.58. The number of thiazole rings is 1. The molecule has 0 aliphatic carbocycles. The maximum Gasteiger partial charge on any atom is 0.113 e. The van der Waals surface area contributed by atoms with Gasteiger partial charge in [-0.05, 0) is 6.92 Å². The number of nitrogens with one attached hydrogen (secondary N) is 1. The van der Waals surface area contributed by atoms with Gasteiger partial charge in [0, 0.05) is 19.0 Å². The molecule has 13 heavy (non-hydrogen) atoms. The number of hydrogen-bond donors (Lipinski definition) is 1. The zero-order valence-corrected chi connectivity index (χ0v) is 8.95. The molecule has 1 rings (SSSR count). The molecule has 0 aliphatic heterocycles. The third kappa shape index (κ3) is 3.77. The topological polar surface area (TPSA) is 24.9 Å². The van der Waals surface area contributed by atoms with Crippen LogP contribution in [0.15, 0.2) is 6.20 Å². The maximum absolute atomic E-state index is 5.73. The summed E-state index contributed by atoms with van der Waals surface area (Å²) in [6.45, 7) is 2.79. The highest BCUT2D eigenvalue weighted by Crippen LogP contribution is 2.17. The second kappa shape index (κ2) is 5.23. The minimum absolute atomic E-state index is 0.327. The lowest BCUT2D eigenvalue weighted by Gasteiger charge is -2.07. The van der Waals surface area contributed by atoms with Gasteiger partial charge in [0.25, 0.3) is 0 Å². The highest BCUT2D eigenvalue weighted by molar-refractivity contribution is 7.15. The first kappa shape index (κ1) is 10.5. The van der Waals surface area contributed by atoms with Gasteiger partial charge in [-0.15, -0.1) is 23.7 Å². The zero-order valence-electron chi connectivity index (χ0n) is 7.38. The number of terminal acetylenes is 1. The zero-order chi connectivity index (χ0) is 9.68. The number of rotatable bonds is 4. The van der Waals surface area contributed by atoms with Gasteiger partial charge in [0.15, 0.2) is 0 Å². The monoisotopic (exact) mass is 214 g/mol. The second-order valence-electron chi connectivity index (χ2n) is 2.75. The van der Waals surface area contributed by atoms with Crippen LogP contribution in [-0.4, -0.2) is 11.0 Å². The summed E-state index contributed by atoms with van der Waals surface area (Å²) in [4.78, 5) is 4.12. The molecular weight excluding hydrogens is 204 g/mol. The predicted molar refractivity (Wildman–Crippen MR) is 56.9 cm³/mol. The van der Waals surface area contributed by atoms with Gasteiger partial charge in [-0.1, -0.05) is 11.6 Å². The first-order chi connectivity index (χ1) is 6.22. The van der Waals surface area contributed by atoms with Crippen molar-refractivity contribution in [3.8, 4) is 12.3 Å². The van der Waals surface area contributed by atoms with E-state index < -0.39 is 0 Å². The summed E-state index contributed by atoms with van der Waals surface area (Å²) in [7, 11) is 0. The molecule has 1 heterocycles. The summed E-state index contributed by atoms with van der Waals surface area (Å²) in [5, 5.41) is 4.25. The predicted octanol–water partition coefficient (Wildman–Crippen LogP) is 2.30. The van der Waals surface area contributed by atoms with Crippen molar-refractivity contribution >= 4 is 22.9 Å². The Morgan fingerprint density at radius 2 is 2.62 bits per heavy atom. The van der Waals surface area contributed by atoms with E-state index in [0.29, 0.717) is 6.04 Å². The first-order valence-electron chi connectivity index (χ1n) is 3.99. The average molecular weight is 215 g/mol. The van der Waals surface area contributed by atoms with Crippen LogP contribution >= 0.6 is 22.9 Å². The molecule has 0 spiro atoms. The van der Waals surface area contributed by atoms with Crippen molar-refractivity contribution in [3.63, 3.8) is 0 Å². The van der Waals surface area contributed by atoms with Gasteiger partial charge in [-0.25, -0.2) is 4.98 Å². The van der Waals surface area contributed by atoms with E-state index in [1.165, 1.54) is 11.3 Å². The largest absolute Gasteiger partial charge is 0.307 e. The van der Waals surface area contributed by atoms with E-state index in [0.717, 1.165) is 22.3 Å². The van der Waals surface area contributed by atoms with Crippen molar-refractivity contribution in [1.82, 2.24) is 10.3 Å². The van der Waals surface area contributed by atoms with Crippen molar-refractivity contribution < 1.29 is 0 Å². The standard InChI is InChI=1S/C9H11ClN2S/c1-3-4-7(2)11-6-9-12-5-8(10)13-9/h1,5,7,11H,4,6H2,2H3. The van der Waals surface area contributed by atoms with Gasteiger partial charge >= 0.3 is 0 Å². The Morgan fingerprint density at radius 3 is 3.15 bits per heavy atom. The van der Waals surface area contributed by atoms with Gasteiger partial charge in [-0.3, -0.25) is 0 Å². The summed E-state index contributed by atoms with van der Waals surface area (Å²) >= 11 is 7.22. The van der Waals surface area contributed by atoms with Crippen LogP contribution in [0.2, 0.25) is 4.34 Å². The molecule has 4 heteroatoms. The fourth-order valence-electron chi connectivity index (χ4n) is 0.880. The lowest BCUT2D eigenvalue weighted by atomic mass is 10.2. The van der Waals surface area contributed by atoms with Crippen molar-refractivity contribution in [3.05, 3.63) is 15.5 Å². The van der Waals surface area contributed by atoms with Crippen molar-refractivity contribution in [2.45, 2.75) is 25.9 Å². The van der Waals surface area contributed by atoms with Crippen LogP contribution in [0.5, 0.6) is 0 Å². The Labute approximate surface area is 87.3 Å². The van der Waals surface area contributed by atoms with E-state index in [4.69, 9.17) is 18.0 Å². The van der Waals surface area contributed by atoms with E-state index in [1.54, 1.807) is 6.20 Å². The van der Waals surface area contributed by atoms with E-state index in [-0.39, 0.29) is 0 Å². The molecule has 1 unspecified atom stereocenters. The number of nitrogens with zero attached hydrogens (tertiary/aromatic N) is 1. The highest BCUT2D eigenvalue weighted by atomic mass is 35.5. The minimum Gasteiger partial charge on any atom is -0.307 e. The Hall–Kier alpha value is -0.560. The van der Waals surface area contributed by atoms with E-state index >= 15 is 0 Å². The normalized spacial score (nSPS) is 12.4. The fourth-order valence-corrected chi connectivity index (χ4v) is 1.79. The lowest BCUT2D eigenvalue weighted by molar-refractivity contribution is 0.558. The van der Waals surface area contributed by atoms with Crippen molar-refractivity contribution in [2.24, 2.45) is 0 Å². The van der Waals surface area contributed by atoms with E-state index in [2.05, 4.69) is 23.1 Å². The van der Waals surface area contributed by atoms with Gasteiger partial charge in [0.2, 0.25) is 0 Å². The van der Waals surface area contributed by atoms with E-state index in [9.17, 15) is 0 Å². The molecule has 0 radical (unpaired) electrons. The molecule has 70 valence electrons. The van der Waals surface area contributed by atoms with Crippen LogP contribution < -0.4 is 5.32 Å². The van der Waals surface area contributed by atoms with Crippen LogP contribution in [0.25, 0.3) is 0 Å². The van der Waals surface area contributed by atoms with Gasteiger partial charge in [0.05, 0.1) is 6.20 Å². The van der Waals surface area contributed by atoms with Gasteiger partial charge < -0.3 is 5.32 Å². The Bertz CT molecular complexity index is 303. The molecule has 1 N–H and O–H groups in total. The summed E-state index contributed by atoms with van der Waals surface area (Å²) in [6, 6.07) is 0.327. The highest BCUT2D eigenvalue weighted by Gasteiger charge is 2.02. The molecule has 0 saturated carbocycles. The molecule has 1 atom stereocenters. The molecule has 1 aromatic rings. The average Bonchev–Trinajstić information content (AvgIpc) is 2.49. The number of aromatic nitrogens is 1.